The number of hydrogen-bond donors (Lipinski definition) is 0. The van der Waals surface area contributed by atoms with E-state index < -0.39 is 14.1 Å². The molecule has 6 heteroatoms. The van der Waals surface area contributed by atoms with Gasteiger partial charge in [0.25, 0.3) is 0 Å². The van der Waals surface area contributed by atoms with Crippen molar-refractivity contribution < 1.29 is 0 Å². The minimum atomic E-state index is -1.54. The molecule has 1 aromatic carbocycles. The molecule has 0 nitrogen and oxygen atoms in total. The van der Waals surface area contributed by atoms with Crippen molar-refractivity contribution in [2.45, 2.75) is 14.1 Å². The van der Waals surface area contributed by atoms with E-state index in [2.05, 4.69) is 0 Å². The van der Waals surface area contributed by atoms with Crippen molar-refractivity contribution in [1.82, 2.24) is 0 Å². The molecule has 1 aromatic rings. The molecule has 0 spiro atoms. The predicted octanol–water partition coefficient (Wildman–Crippen LogP) is 5.92. The van der Waals surface area contributed by atoms with Crippen molar-refractivity contribution in [3.05, 3.63) is 52.0 Å². The monoisotopic (exact) mass is 372 g/mol. The average Bonchev–Trinajstić information content (AvgIpc) is 2.62. The van der Waals surface area contributed by atoms with E-state index in [9.17, 15) is 0 Å². The third-order valence-corrected chi connectivity index (χ3v) is 7.56. The number of halogens is 6. The number of alkyl halides is 4. The lowest BCUT2D eigenvalue weighted by atomic mass is 9.94. The molecule has 0 heterocycles. The highest BCUT2D eigenvalue weighted by Crippen LogP contribution is 2.73. The lowest BCUT2D eigenvalue weighted by Gasteiger charge is -2.33. The van der Waals surface area contributed by atoms with Gasteiger partial charge < -0.3 is 0 Å². The highest BCUT2D eigenvalue weighted by Gasteiger charge is 2.75. The van der Waals surface area contributed by atoms with Crippen LogP contribution in [0.5, 0.6) is 0 Å². The summed E-state index contributed by atoms with van der Waals surface area (Å²) in [4.78, 5) is -2.64. The number of fused-ring (bicyclic) bond motifs is 2. The van der Waals surface area contributed by atoms with Crippen LogP contribution in [0.2, 0.25) is 0 Å². The summed E-state index contributed by atoms with van der Waals surface area (Å²) < 4.78 is -1.54. The molecule has 2 unspecified atom stereocenters. The minimum Gasteiger partial charge on any atom is -0.105 e. The Balaban J connectivity index is 2.27. The van der Waals surface area contributed by atoms with Crippen LogP contribution in [-0.2, 0) is 0 Å². The Morgan fingerprint density at radius 3 is 1.84 bits per heavy atom. The highest BCUT2D eigenvalue weighted by atomic mass is 35.5. The average molecular weight is 375 g/mol. The van der Waals surface area contributed by atoms with Crippen molar-refractivity contribution in [1.29, 1.82) is 0 Å². The van der Waals surface area contributed by atoms with Gasteiger partial charge in [0.05, 0.1) is 10.1 Å². The van der Waals surface area contributed by atoms with Crippen LogP contribution in [0.1, 0.15) is 5.56 Å². The van der Waals surface area contributed by atoms with Crippen LogP contribution in [0, 0.1) is 0 Å². The van der Waals surface area contributed by atoms with Gasteiger partial charge in [-0.1, -0.05) is 76.7 Å². The van der Waals surface area contributed by atoms with Crippen LogP contribution in [0.25, 0.3) is 5.57 Å². The molecule has 0 amide bonds. The van der Waals surface area contributed by atoms with Crippen LogP contribution < -0.4 is 0 Å². The summed E-state index contributed by atoms with van der Waals surface area (Å²) in [5.41, 5.74) is 1.53. The summed E-state index contributed by atoms with van der Waals surface area (Å²) in [5, 5.41) is 0.354. The van der Waals surface area contributed by atoms with Crippen LogP contribution in [0.3, 0.4) is 0 Å². The third-order valence-electron chi connectivity index (χ3n) is 3.50. The summed E-state index contributed by atoms with van der Waals surface area (Å²) in [5.74, 6) is 0. The Morgan fingerprint density at radius 1 is 0.789 bits per heavy atom. The van der Waals surface area contributed by atoms with E-state index in [0.29, 0.717) is 5.57 Å². The molecule has 2 aliphatic carbocycles. The maximum absolute atomic E-state index is 6.63. The van der Waals surface area contributed by atoms with Gasteiger partial charge in [-0.25, -0.2) is 0 Å². The topological polar surface area (TPSA) is 0 Å². The molecule has 19 heavy (non-hydrogen) atoms. The number of rotatable bonds is 1. The van der Waals surface area contributed by atoms with E-state index in [4.69, 9.17) is 69.6 Å². The van der Waals surface area contributed by atoms with Crippen LogP contribution >= 0.6 is 69.6 Å². The molecule has 0 fully saturated rings. The Morgan fingerprint density at radius 2 is 1.37 bits per heavy atom. The van der Waals surface area contributed by atoms with Gasteiger partial charge in [0, 0.05) is 0 Å². The molecule has 0 N–H and O–H groups in total. The summed E-state index contributed by atoms with van der Waals surface area (Å²) in [7, 11) is 0. The molecule has 100 valence electrons. The number of benzene rings is 1. The van der Waals surface area contributed by atoms with Crippen LogP contribution in [0.4, 0.5) is 0 Å². The maximum atomic E-state index is 6.63. The van der Waals surface area contributed by atoms with Crippen molar-refractivity contribution in [2.24, 2.45) is 0 Å². The second-order valence-electron chi connectivity index (χ2n) is 4.50. The second kappa shape index (κ2) is 4.22. The lowest BCUT2D eigenvalue weighted by Crippen LogP contribution is -2.44. The second-order valence-corrected chi connectivity index (χ2v) is 7.74. The van der Waals surface area contributed by atoms with Gasteiger partial charge in [-0.2, -0.15) is 0 Å². The standard InChI is InChI=1S/C13H6Cl6/c14-9-10(15)12(17)8(7-4-2-1-3-5-7)6-11(9,16)13(12,18)19/h1-6H. The van der Waals surface area contributed by atoms with Crippen LogP contribution in [0.15, 0.2) is 46.5 Å². The Kier molecular flexibility index (Phi) is 3.20. The Hall–Kier alpha value is 0.440. The van der Waals surface area contributed by atoms with Gasteiger partial charge in [0.2, 0.25) is 0 Å². The molecule has 0 saturated heterocycles. The zero-order valence-electron chi connectivity index (χ0n) is 9.23. The fourth-order valence-corrected chi connectivity index (χ4v) is 4.99. The van der Waals surface area contributed by atoms with Crippen LogP contribution in [-0.4, -0.2) is 14.1 Å². The summed E-state index contributed by atoms with van der Waals surface area (Å²) in [6.07, 6.45) is 1.69. The molecule has 3 rings (SSSR count). The third kappa shape index (κ3) is 1.51. The zero-order valence-corrected chi connectivity index (χ0v) is 13.8. The van der Waals surface area contributed by atoms with Gasteiger partial charge in [-0.05, 0) is 17.2 Å². The van der Waals surface area contributed by atoms with Gasteiger partial charge in [0.15, 0.2) is 4.33 Å². The van der Waals surface area contributed by atoms with E-state index in [1.165, 1.54) is 0 Å². The maximum Gasteiger partial charge on any atom is 0.173 e. The molecule has 2 aliphatic rings. The van der Waals surface area contributed by atoms with Crippen molar-refractivity contribution in [2.75, 3.05) is 0 Å². The molecule has 0 aliphatic heterocycles. The molecular weight excluding hydrogens is 369 g/mol. The van der Waals surface area contributed by atoms with E-state index in [-0.39, 0.29) is 10.1 Å². The van der Waals surface area contributed by atoms with E-state index in [0.717, 1.165) is 5.56 Å². The first kappa shape index (κ1) is 14.4. The lowest BCUT2D eigenvalue weighted by molar-refractivity contribution is 0.724. The van der Waals surface area contributed by atoms with E-state index in [1.54, 1.807) is 6.08 Å². The number of hydrogen-bond acceptors (Lipinski definition) is 0. The molecular formula is C13H6Cl6. The van der Waals surface area contributed by atoms with Gasteiger partial charge in [0.1, 0.15) is 9.75 Å². The summed E-state index contributed by atoms with van der Waals surface area (Å²) in [6, 6.07) is 9.44. The molecule has 0 aromatic heterocycles. The SMILES string of the molecule is ClC1=C(Cl)C2(Cl)C(c3ccccc3)=CC1(Cl)C2(Cl)Cl. The fraction of sp³-hybridized carbons (Fsp3) is 0.231. The van der Waals surface area contributed by atoms with Crippen molar-refractivity contribution in [3.8, 4) is 0 Å². The largest absolute Gasteiger partial charge is 0.173 e. The summed E-state index contributed by atoms with van der Waals surface area (Å²) >= 11 is 38.3. The molecule has 0 radical (unpaired) electrons. The first-order valence-electron chi connectivity index (χ1n) is 5.37. The van der Waals surface area contributed by atoms with Gasteiger partial charge >= 0.3 is 0 Å². The predicted molar refractivity (Wildman–Crippen MR) is 84.8 cm³/mol. The van der Waals surface area contributed by atoms with E-state index in [1.807, 2.05) is 30.3 Å². The molecule has 0 saturated carbocycles. The quantitative estimate of drug-likeness (QED) is 0.535. The first-order valence-corrected chi connectivity index (χ1v) is 7.64. The fourth-order valence-electron chi connectivity index (χ4n) is 2.48. The smallest absolute Gasteiger partial charge is 0.105 e. The van der Waals surface area contributed by atoms with Crippen molar-refractivity contribution >= 4 is 75.2 Å². The highest BCUT2D eigenvalue weighted by molar-refractivity contribution is 6.68. The first-order chi connectivity index (χ1) is 8.77. The van der Waals surface area contributed by atoms with Crippen molar-refractivity contribution in [3.63, 3.8) is 0 Å². The normalized spacial score (nSPS) is 35.8. The Labute approximate surface area is 140 Å². The Bertz CT molecular complexity index is 617. The molecule has 2 atom stereocenters. The van der Waals surface area contributed by atoms with Gasteiger partial charge in [-0.15, -0.1) is 23.2 Å². The number of allylic oxidation sites excluding steroid dienone is 4. The summed E-state index contributed by atoms with van der Waals surface area (Å²) in [6.45, 7) is 0. The van der Waals surface area contributed by atoms with E-state index >= 15 is 0 Å². The molecule has 2 bridgehead atoms. The minimum absolute atomic E-state index is 0.176. The van der Waals surface area contributed by atoms with Gasteiger partial charge in [-0.3, -0.25) is 0 Å². The zero-order chi connectivity index (χ0) is 14.1.